The highest BCUT2D eigenvalue weighted by Gasteiger charge is 2.64. The molecule has 1 aromatic rings. The highest BCUT2D eigenvalue weighted by atomic mass is 32.1. The molecule has 3 saturated carbocycles. The Balaban J connectivity index is 1.40. The van der Waals surface area contributed by atoms with E-state index in [0.717, 1.165) is 41.1 Å². The number of rotatable bonds is 4. The number of carboxylic acids is 1. The Bertz CT molecular complexity index is 522. The van der Waals surface area contributed by atoms with Gasteiger partial charge in [-0.3, -0.25) is 0 Å². The van der Waals surface area contributed by atoms with Crippen molar-refractivity contribution in [2.45, 2.75) is 38.8 Å². The molecule has 2 bridgehead atoms. The van der Waals surface area contributed by atoms with Gasteiger partial charge in [0.15, 0.2) is 0 Å². The lowest BCUT2D eigenvalue weighted by atomic mass is 10.0. The van der Waals surface area contributed by atoms with Gasteiger partial charge in [0.25, 0.3) is 0 Å². The molecule has 102 valence electrons. The average molecular weight is 277 g/mol. The summed E-state index contributed by atoms with van der Waals surface area (Å²) in [5.41, 5.74) is 1.17. The first-order chi connectivity index (χ1) is 9.15. The number of fused-ring (bicyclic) bond motifs is 5. The highest BCUT2D eigenvalue weighted by Crippen LogP contribution is 2.65. The molecule has 4 atom stereocenters. The van der Waals surface area contributed by atoms with E-state index in [0.29, 0.717) is 4.88 Å². The van der Waals surface area contributed by atoms with Gasteiger partial charge in [0, 0.05) is 17.5 Å². The van der Waals surface area contributed by atoms with Gasteiger partial charge in [-0.25, -0.2) is 4.79 Å². The second kappa shape index (κ2) is 4.06. The van der Waals surface area contributed by atoms with Crippen molar-refractivity contribution in [3.63, 3.8) is 0 Å². The van der Waals surface area contributed by atoms with Gasteiger partial charge in [0.2, 0.25) is 0 Å². The molecule has 0 aromatic carbocycles. The maximum absolute atomic E-state index is 11.0. The van der Waals surface area contributed by atoms with Crippen LogP contribution in [0.4, 0.5) is 0 Å². The Labute approximate surface area is 117 Å². The minimum Gasteiger partial charge on any atom is -0.477 e. The van der Waals surface area contributed by atoms with E-state index in [1.165, 1.54) is 36.2 Å². The fourth-order valence-electron chi connectivity index (χ4n) is 4.63. The second-order valence-electron chi connectivity index (χ2n) is 6.39. The zero-order valence-corrected chi connectivity index (χ0v) is 11.9. The molecular weight excluding hydrogens is 258 g/mol. The molecule has 0 radical (unpaired) electrons. The van der Waals surface area contributed by atoms with Gasteiger partial charge in [-0.05, 0) is 61.5 Å². The first-order valence-corrected chi connectivity index (χ1v) is 8.03. The molecule has 4 rings (SSSR count). The van der Waals surface area contributed by atoms with Crippen LogP contribution in [0.25, 0.3) is 0 Å². The van der Waals surface area contributed by atoms with E-state index < -0.39 is 5.97 Å². The van der Waals surface area contributed by atoms with E-state index in [1.807, 2.05) is 13.0 Å². The third-order valence-electron chi connectivity index (χ3n) is 5.49. The van der Waals surface area contributed by atoms with Crippen molar-refractivity contribution in [2.24, 2.45) is 23.7 Å². The topological polar surface area (TPSA) is 49.3 Å². The number of nitrogens with one attached hydrogen (secondary N) is 1. The van der Waals surface area contributed by atoms with Crippen LogP contribution < -0.4 is 5.32 Å². The Kier molecular flexibility index (Phi) is 2.55. The Hall–Kier alpha value is -0.870. The van der Waals surface area contributed by atoms with Crippen LogP contribution in [0.3, 0.4) is 0 Å². The third-order valence-corrected chi connectivity index (χ3v) is 6.58. The van der Waals surface area contributed by atoms with Crippen LogP contribution in [0.2, 0.25) is 0 Å². The summed E-state index contributed by atoms with van der Waals surface area (Å²) in [6.45, 7) is 2.86. The molecule has 3 nitrogen and oxygen atoms in total. The van der Waals surface area contributed by atoms with Crippen LogP contribution in [-0.4, -0.2) is 17.1 Å². The number of hydrogen-bond acceptors (Lipinski definition) is 3. The number of hydrogen-bond donors (Lipinski definition) is 2. The molecule has 4 unspecified atom stereocenters. The molecule has 1 heterocycles. The summed E-state index contributed by atoms with van der Waals surface area (Å²) in [5, 5.41) is 12.7. The number of carbonyl (C=O) groups is 1. The first kappa shape index (κ1) is 11.9. The SMILES string of the molecule is Cc1sc(C(=O)O)cc1CNC1C2C3CCC(C3)C12. The van der Waals surface area contributed by atoms with Crippen molar-refractivity contribution in [1.82, 2.24) is 5.32 Å². The fraction of sp³-hybridized carbons (Fsp3) is 0.667. The molecule has 19 heavy (non-hydrogen) atoms. The lowest BCUT2D eigenvalue weighted by Gasteiger charge is -2.10. The molecule has 0 spiro atoms. The van der Waals surface area contributed by atoms with Gasteiger partial charge < -0.3 is 10.4 Å². The molecular formula is C15H19NO2S. The number of thiophene rings is 1. The van der Waals surface area contributed by atoms with Gasteiger partial charge >= 0.3 is 5.97 Å². The lowest BCUT2D eigenvalue weighted by molar-refractivity contribution is 0.0702. The molecule has 0 amide bonds. The Morgan fingerprint density at radius 1 is 1.42 bits per heavy atom. The molecule has 2 N–H and O–H groups in total. The summed E-state index contributed by atoms with van der Waals surface area (Å²) in [5.74, 6) is 3.06. The van der Waals surface area contributed by atoms with Gasteiger partial charge in [0.05, 0.1) is 0 Å². The van der Waals surface area contributed by atoms with Crippen molar-refractivity contribution in [2.75, 3.05) is 0 Å². The van der Waals surface area contributed by atoms with E-state index in [-0.39, 0.29) is 0 Å². The Morgan fingerprint density at radius 3 is 2.68 bits per heavy atom. The minimum absolute atomic E-state index is 0.463. The average Bonchev–Trinajstić information content (AvgIpc) is 2.74. The minimum atomic E-state index is -0.805. The van der Waals surface area contributed by atoms with Crippen LogP contribution in [0.1, 0.15) is 39.4 Å². The zero-order valence-electron chi connectivity index (χ0n) is 11.1. The summed E-state index contributed by atoms with van der Waals surface area (Å²) in [6, 6.07) is 2.56. The summed E-state index contributed by atoms with van der Waals surface area (Å²) >= 11 is 1.39. The van der Waals surface area contributed by atoms with Crippen LogP contribution in [0, 0.1) is 30.6 Å². The van der Waals surface area contributed by atoms with Crippen molar-refractivity contribution < 1.29 is 9.90 Å². The predicted molar refractivity (Wildman–Crippen MR) is 74.5 cm³/mol. The molecule has 4 heteroatoms. The second-order valence-corrected chi connectivity index (χ2v) is 7.65. The number of carboxylic acid groups (broad SMARTS) is 1. The van der Waals surface area contributed by atoms with Crippen molar-refractivity contribution in [3.8, 4) is 0 Å². The number of aryl methyl sites for hydroxylation is 1. The lowest BCUT2D eigenvalue weighted by Crippen LogP contribution is -2.22. The monoisotopic (exact) mass is 277 g/mol. The van der Waals surface area contributed by atoms with E-state index in [1.54, 1.807) is 0 Å². The Morgan fingerprint density at radius 2 is 2.11 bits per heavy atom. The van der Waals surface area contributed by atoms with Crippen LogP contribution in [0.15, 0.2) is 6.07 Å². The first-order valence-electron chi connectivity index (χ1n) is 7.21. The highest BCUT2D eigenvalue weighted by molar-refractivity contribution is 7.14. The van der Waals surface area contributed by atoms with Crippen molar-refractivity contribution in [3.05, 3.63) is 21.4 Å². The molecule has 3 fully saturated rings. The van der Waals surface area contributed by atoms with E-state index in [4.69, 9.17) is 5.11 Å². The quantitative estimate of drug-likeness (QED) is 0.889. The standard InChI is InChI=1S/C15H19NO2S/c1-7-10(5-11(19-7)15(17)18)6-16-14-12-8-2-3-9(4-8)13(12)14/h5,8-9,12-14,16H,2-4,6H2,1H3,(H,17,18). The van der Waals surface area contributed by atoms with Crippen molar-refractivity contribution >= 4 is 17.3 Å². The summed E-state index contributed by atoms with van der Waals surface area (Å²) < 4.78 is 0. The maximum atomic E-state index is 11.0. The van der Waals surface area contributed by atoms with Gasteiger partial charge in [-0.15, -0.1) is 11.3 Å². The molecule has 3 aliphatic carbocycles. The number of aromatic carboxylic acids is 1. The van der Waals surface area contributed by atoms with E-state index in [9.17, 15) is 4.79 Å². The summed E-state index contributed by atoms with van der Waals surface area (Å²) in [6.07, 6.45) is 4.38. The smallest absolute Gasteiger partial charge is 0.345 e. The van der Waals surface area contributed by atoms with Crippen LogP contribution in [0.5, 0.6) is 0 Å². The maximum Gasteiger partial charge on any atom is 0.345 e. The van der Waals surface area contributed by atoms with E-state index in [2.05, 4.69) is 5.32 Å². The summed E-state index contributed by atoms with van der Waals surface area (Å²) in [7, 11) is 0. The van der Waals surface area contributed by atoms with Gasteiger partial charge in [-0.2, -0.15) is 0 Å². The summed E-state index contributed by atoms with van der Waals surface area (Å²) in [4.78, 5) is 12.6. The van der Waals surface area contributed by atoms with Gasteiger partial charge in [0.1, 0.15) is 4.88 Å². The third kappa shape index (κ3) is 1.77. The molecule has 1 aromatic heterocycles. The molecule has 0 aliphatic heterocycles. The van der Waals surface area contributed by atoms with Gasteiger partial charge in [-0.1, -0.05) is 0 Å². The zero-order chi connectivity index (χ0) is 13.1. The van der Waals surface area contributed by atoms with Crippen LogP contribution >= 0.6 is 11.3 Å². The normalized spacial score (nSPS) is 38.5. The van der Waals surface area contributed by atoms with Crippen molar-refractivity contribution in [1.29, 1.82) is 0 Å². The van der Waals surface area contributed by atoms with Crippen LogP contribution in [-0.2, 0) is 6.54 Å². The van der Waals surface area contributed by atoms with E-state index >= 15 is 0 Å². The predicted octanol–water partition coefficient (Wildman–Crippen LogP) is 2.89. The fourth-order valence-corrected chi connectivity index (χ4v) is 5.51. The largest absolute Gasteiger partial charge is 0.477 e. The molecule has 0 saturated heterocycles. The molecule has 3 aliphatic rings.